The highest BCUT2D eigenvalue weighted by molar-refractivity contribution is 5.97. The zero-order chi connectivity index (χ0) is 30.9. The molecule has 3 N–H and O–H groups in total. The lowest BCUT2D eigenvalue weighted by Gasteiger charge is -2.14. The summed E-state index contributed by atoms with van der Waals surface area (Å²) >= 11 is 0. The molecule has 0 radical (unpaired) electrons. The second-order valence-electron chi connectivity index (χ2n) is 9.27. The molecule has 17 heteroatoms. The van der Waals surface area contributed by atoms with Crippen LogP contribution in [0.25, 0.3) is 11.4 Å². The van der Waals surface area contributed by atoms with Crippen molar-refractivity contribution < 1.29 is 45.1 Å². The predicted molar refractivity (Wildman–Crippen MR) is 132 cm³/mol. The van der Waals surface area contributed by atoms with E-state index in [0.717, 1.165) is 41.7 Å². The molecule has 0 aliphatic heterocycles. The summed E-state index contributed by atoms with van der Waals surface area (Å²) < 4.78 is 93.2. The van der Waals surface area contributed by atoms with E-state index >= 15 is 0 Å². The molecule has 0 bridgehead atoms. The molecule has 1 atom stereocenters. The topological polar surface area (TPSA) is 135 Å². The summed E-state index contributed by atoms with van der Waals surface area (Å²) in [4.78, 5) is 36.7. The van der Waals surface area contributed by atoms with E-state index in [4.69, 9.17) is 0 Å². The van der Waals surface area contributed by atoms with E-state index in [9.17, 15) is 40.3 Å². The molecule has 0 spiro atoms. The number of benzene rings is 2. The number of aromatic amines is 1. The highest BCUT2D eigenvalue weighted by Gasteiger charge is 2.36. The summed E-state index contributed by atoms with van der Waals surface area (Å²) in [6.07, 6.45) is -7.78. The number of fused-ring (bicyclic) bond motifs is 1. The van der Waals surface area contributed by atoms with Crippen LogP contribution in [0.4, 0.5) is 30.7 Å². The van der Waals surface area contributed by atoms with Crippen LogP contribution in [0.2, 0.25) is 0 Å². The van der Waals surface area contributed by atoms with Gasteiger partial charge in [-0.1, -0.05) is 18.2 Å². The number of carbonyl (C=O) groups excluding carboxylic acids is 2. The molecule has 0 saturated carbocycles. The monoisotopic (exact) mass is 609 g/mol. The lowest BCUT2D eigenvalue weighted by Crippen LogP contribution is -2.29. The predicted octanol–water partition coefficient (Wildman–Crippen LogP) is 4.67. The van der Waals surface area contributed by atoms with E-state index in [-0.39, 0.29) is 29.3 Å². The van der Waals surface area contributed by atoms with Crippen molar-refractivity contribution >= 4 is 11.8 Å². The van der Waals surface area contributed by atoms with Crippen molar-refractivity contribution in [1.82, 2.24) is 35.8 Å². The van der Waals surface area contributed by atoms with Gasteiger partial charge in [0, 0.05) is 18.2 Å². The molecule has 2 heterocycles. The standard InChI is InChI=1S/C26H18F7N7O3/c27-16-5-1-12(7-20(16)43-26(31,32)33)10-34-22(41)18-9-19(36-11-35-18)23(42)37-17-6-3-13-8-14(2-4-15(13)17)21-38-24(40-39-21)25(28,29)30/h1-2,4-5,7-9,11,17H,3,6,10H2,(H,34,41)(H,37,42)(H,38,39,40)/t17-/m0/s1. The van der Waals surface area contributed by atoms with Gasteiger partial charge in [0.25, 0.3) is 11.8 Å². The fourth-order valence-corrected chi connectivity index (χ4v) is 4.40. The normalized spacial score (nSPS) is 14.7. The van der Waals surface area contributed by atoms with Crippen LogP contribution in [-0.2, 0) is 19.1 Å². The second kappa shape index (κ2) is 11.3. The maximum atomic E-state index is 13.6. The number of amides is 2. The first-order valence-corrected chi connectivity index (χ1v) is 12.3. The average Bonchev–Trinajstić information content (AvgIpc) is 3.60. The Balaban J connectivity index is 1.22. The van der Waals surface area contributed by atoms with Crippen LogP contribution in [0.5, 0.6) is 5.75 Å². The lowest BCUT2D eigenvalue weighted by molar-refractivity contribution is -0.275. The molecule has 0 fully saturated rings. The molecule has 224 valence electrons. The van der Waals surface area contributed by atoms with Crippen molar-refractivity contribution in [3.8, 4) is 17.1 Å². The number of H-pyrrole nitrogens is 1. The smallest absolute Gasteiger partial charge is 0.403 e. The van der Waals surface area contributed by atoms with Crippen LogP contribution < -0.4 is 15.4 Å². The van der Waals surface area contributed by atoms with Gasteiger partial charge in [0.2, 0.25) is 5.82 Å². The van der Waals surface area contributed by atoms with Gasteiger partial charge >= 0.3 is 12.5 Å². The van der Waals surface area contributed by atoms with Crippen LogP contribution in [-0.4, -0.2) is 43.3 Å². The number of hydrogen-bond donors (Lipinski definition) is 3. The van der Waals surface area contributed by atoms with E-state index in [1.165, 1.54) is 0 Å². The van der Waals surface area contributed by atoms with Gasteiger partial charge in [-0.15, -0.1) is 13.2 Å². The number of carbonyl (C=O) groups is 2. The molecule has 5 rings (SSSR count). The molecule has 2 aromatic carbocycles. The SMILES string of the molecule is O=C(NCc1ccc(F)c(OC(F)(F)F)c1)c1cc(C(=O)N[C@H]2CCc3cc(-c4n[nH]c(C(F)(F)F)n4)ccc32)ncn1. The molecular formula is C26H18F7N7O3. The third-order valence-electron chi connectivity index (χ3n) is 6.34. The van der Waals surface area contributed by atoms with Crippen molar-refractivity contribution in [2.45, 2.75) is 38.0 Å². The first-order valence-electron chi connectivity index (χ1n) is 12.3. The molecule has 1 aliphatic rings. The van der Waals surface area contributed by atoms with Gasteiger partial charge in [-0.25, -0.2) is 19.3 Å². The number of nitrogens with one attached hydrogen (secondary N) is 3. The maximum Gasteiger partial charge on any atom is 0.573 e. The van der Waals surface area contributed by atoms with Gasteiger partial charge in [-0.3, -0.25) is 14.7 Å². The first kappa shape index (κ1) is 29.4. The number of ether oxygens (including phenoxy) is 1. The van der Waals surface area contributed by atoms with Crippen LogP contribution >= 0.6 is 0 Å². The van der Waals surface area contributed by atoms with Gasteiger partial charge in [0.15, 0.2) is 17.4 Å². The summed E-state index contributed by atoms with van der Waals surface area (Å²) in [6.45, 7) is -0.301. The minimum atomic E-state index is -5.11. The van der Waals surface area contributed by atoms with Gasteiger partial charge in [0.1, 0.15) is 17.7 Å². The highest BCUT2D eigenvalue weighted by atomic mass is 19.4. The van der Waals surface area contributed by atoms with Crippen LogP contribution in [0.3, 0.4) is 0 Å². The maximum absolute atomic E-state index is 13.6. The van der Waals surface area contributed by atoms with E-state index in [0.29, 0.717) is 18.4 Å². The Kier molecular flexibility index (Phi) is 7.72. The quantitative estimate of drug-likeness (QED) is 0.260. The number of aromatic nitrogens is 5. The van der Waals surface area contributed by atoms with Crippen molar-refractivity contribution in [2.75, 3.05) is 0 Å². The fraction of sp³-hybridized carbons (Fsp3) is 0.231. The summed E-state index contributed by atoms with van der Waals surface area (Å²) in [5.74, 6) is -5.04. The fourth-order valence-electron chi connectivity index (χ4n) is 4.40. The van der Waals surface area contributed by atoms with Crippen molar-refractivity contribution in [2.24, 2.45) is 0 Å². The molecule has 2 amide bonds. The van der Waals surface area contributed by atoms with E-state index < -0.39 is 47.8 Å². The Morgan fingerprint density at radius 3 is 2.42 bits per heavy atom. The Morgan fingerprint density at radius 1 is 0.977 bits per heavy atom. The molecule has 4 aromatic rings. The summed E-state index contributed by atoms with van der Waals surface area (Å²) in [6, 6.07) is 8.22. The summed E-state index contributed by atoms with van der Waals surface area (Å²) in [5, 5.41) is 10.7. The average molecular weight is 609 g/mol. The second-order valence-corrected chi connectivity index (χ2v) is 9.27. The van der Waals surface area contributed by atoms with E-state index in [1.807, 2.05) is 5.10 Å². The minimum Gasteiger partial charge on any atom is -0.403 e. The first-order chi connectivity index (χ1) is 20.3. The zero-order valence-electron chi connectivity index (χ0n) is 21.5. The number of aryl methyl sites for hydroxylation is 1. The van der Waals surface area contributed by atoms with Gasteiger partial charge in [-0.05, 0) is 47.7 Å². The van der Waals surface area contributed by atoms with Gasteiger partial charge < -0.3 is 15.4 Å². The molecule has 43 heavy (non-hydrogen) atoms. The molecule has 10 nitrogen and oxygen atoms in total. The summed E-state index contributed by atoms with van der Waals surface area (Å²) in [5.41, 5.74) is 1.64. The van der Waals surface area contributed by atoms with Crippen LogP contribution in [0, 0.1) is 5.82 Å². The van der Waals surface area contributed by atoms with Crippen molar-refractivity contribution in [3.63, 3.8) is 0 Å². The van der Waals surface area contributed by atoms with E-state index in [1.54, 1.807) is 18.2 Å². The zero-order valence-corrected chi connectivity index (χ0v) is 21.5. The molecule has 1 aliphatic carbocycles. The molecule has 0 saturated heterocycles. The number of nitrogens with zero attached hydrogens (tertiary/aromatic N) is 4. The van der Waals surface area contributed by atoms with Gasteiger partial charge in [0.05, 0.1) is 6.04 Å². The Morgan fingerprint density at radius 2 is 1.72 bits per heavy atom. The highest BCUT2D eigenvalue weighted by Crippen LogP contribution is 2.35. The Bertz CT molecular complexity index is 1690. The van der Waals surface area contributed by atoms with Crippen LogP contribution in [0.15, 0.2) is 48.8 Å². The van der Waals surface area contributed by atoms with E-state index in [2.05, 4.69) is 35.4 Å². The Hall–Kier alpha value is -5.09. The van der Waals surface area contributed by atoms with Crippen molar-refractivity contribution in [3.05, 3.63) is 88.5 Å². The number of halogens is 7. The molecule has 0 unspecified atom stereocenters. The number of rotatable bonds is 7. The third-order valence-corrected chi connectivity index (χ3v) is 6.34. The Labute approximate surface area is 236 Å². The molecule has 2 aromatic heterocycles. The molecular weight excluding hydrogens is 591 g/mol. The largest absolute Gasteiger partial charge is 0.573 e. The van der Waals surface area contributed by atoms with Crippen LogP contribution in [0.1, 0.15) is 56.0 Å². The number of hydrogen-bond acceptors (Lipinski definition) is 7. The third kappa shape index (κ3) is 6.87. The van der Waals surface area contributed by atoms with Crippen molar-refractivity contribution in [1.29, 1.82) is 0 Å². The number of alkyl halides is 6. The summed E-state index contributed by atoms with van der Waals surface area (Å²) in [7, 11) is 0. The minimum absolute atomic E-state index is 0.105. The lowest BCUT2D eigenvalue weighted by atomic mass is 10.0. The van der Waals surface area contributed by atoms with Gasteiger partial charge in [-0.2, -0.15) is 18.3 Å².